The van der Waals surface area contributed by atoms with Gasteiger partial charge in [-0.05, 0) is 19.4 Å². The number of piperidine rings is 1. The summed E-state index contributed by atoms with van der Waals surface area (Å²) in [5.41, 5.74) is 2.94. The van der Waals surface area contributed by atoms with Crippen LogP contribution in [0.25, 0.3) is 0 Å². The minimum absolute atomic E-state index is 0.163. The van der Waals surface area contributed by atoms with Crippen LogP contribution in [0.2, 0.25) is 0 Å². The molecule has 1 aliphatic rings. The molecule has 6 nitrogen and oxygen atoms in total. The van der Waals surface area contributed by atoms with Crippen molar-refractivity contribution in [3.63, 3.8) is 0 Å². The van der Waals surface area contributed by atoms with Gasteiger partial charge < -0.3 is 9.47 Å². The third-order valence-corrected chi connectivity index (χ3v) is 4.93. The molecule has 1 amide bonds. The molecule has 0 radical (unpaired) electrons. The van der Waals surface area contributed by atoms with Crippen molar-refractivity contribution in [2.24, 2.45) is 0 Å². The molecule has 124 valence electrons. The highest BCUT2D eigenvalue weighted by Crippen LogP contribution is 2.26. The van der Waals surface area contributed by atoms with Crippen molar-refractivity contribution in [3.8, 4) is 0 Å². The van der Waals surface area contributed by atoms with Crippen molar-refractivity contribution in [1.29, 1.82) is 0 Å². The molecule has 1 fully saturated rings. The Hall–Kier alpha value is -1.73. The molecule has 0 unspecified atom stereocenters. The Balaban J connectivity index is 1.67. The summed E-state index contributed by atoms with van der Waals surface area (Å²) in [6.45, 7) is 3.15. The van der Waals surface area contributed by atoms with Gasteiger partial charge in [0.25, 0.3) is 0 Å². The number of likely N-dealkylation sites (tertiary alicyclic amines) is 1. The molecule has 0 spiro atoms. The summed E-state index contributed by atoms with van der Waals surface area (Å²) in [6, 6.07) is 0. The molecular weight excluding hydrogens is 310 g/mol. The van der Waals surface area contributed by atoms with Gasteiger partial charge in [0.1, 0.15) is 5.82 Å². The Morgan fingerprint density at radius 2 is 2.30 bits per heavy atom. The van der Waals surface area contributed by atoms with E-state index in [0.717, 1.165) is 44.0 Å². The second kappa shape index (κ2) is 7.23. The Kier molecular flexibility index (Phi) is 5.07. The summed E-state index contributed by atoms with van der Waals surface area (Å²) < 4.78 is 2.19. The molecule has 1 aliphatic heterocycles. The van der Waals surface area contributed by atoms with Gasteiger partial charge in [0, 0.05) is 44.3 Å². The summed E-state index contributed by atoms with van der Waals surface area (Å²) in [6.07, 6.45) is 6.12. The van der Waals surface area contributed by atoms with Crippen LogP contribution >= 0.6 is 11.3 Å². The van der Waals surface area contributed by atoms with Crippen molar-refractivity contribution in [3.05, 3.63) is 34.8 Å². The van der Waals surface area contributed by atoms with Gasteiger partial charge in [-0.2, -0.15) is 0 Å². The van der Waals surface area contributed by atoms with E-state index in [-0.39, 0.29) is 5.91 Å². The molecule has 2 aromatic rings. The molecule has 3 heterocycles. The lowest BCUT2D eigenvalue weighted by atomic mass is 9.97. The topological polar surface area (TPSA) is 54.3 Å². The van der Waals surface area contributed by atoms with Crippen LogP contribution in [-0.4, -0.2) is 64.0 Å². The van der Waals surface area contributed by atoms with E-state index >= 15 is 0 Å². The molecule has 0 saturated carbocycles. The van der Waals surface area contributed by atoms with Crippen LogP contribution < -0.4 is 0 Å². The van der Waals surface area contributed by atoms with E-state index in [1.807, 2.05) is 32.0 Å². The SMILES string of the molecule is CN(C)C(=O)CN1CCC[C@H](c2nccn2Cc2cscn2)C1. The van der Waals surface area contributed by atoms with Gasteiger partial charge in [-0.25, -0.2) is 9.97 Å². The summed E-state index contributed by atoms with van der Waals surface area (Å²) >= 11 is 1.62. The average molecular weight is 333 g/mol. The average Bonchev–Trinajstić information content (AvgIpc) is 3.19. The number of imidazole rings is 1. The number of aromatic nitrogens is 3. The minimum atomic E-state index is 0.163. The largest absolute Gasteiger partial charge is 0.348 e. The van der Waals surface area contributed by atoms with Crippen molar-refractivity contribution in [2.75, 3.05) is 33.7 Å². The normalized spacial score (nSPS) is 19.0. The third kappa shape index (κ3) is 3.97. The van der Waals surface area contributed by atoms with E-state index in [1.165, 1.54) is 0 Å². The zero-order chi connectivity index (χ0) is 16.2. The van der Waals surface area contributed by atoms with Crippen LogP contribution in [0.4, 0.5) is 0 Å². The molecule has 0 aromatic carbocycles. The van der Waals surface area contributed by atoms with E-state index in [1.54, 1.807) is 16.2 Å². The van der Waals surface area contributed by atoms with Gasteiger partial charge in [-0.3, -0.25) is 9.69 Å². The van der Waals surface area contributed by atoms with Gasteiger partial charge >= 0.3 is 0 Å². The number of amides is 1. The fourth-order valence-electron chi connectivity index (χ4n) is 3.05. The molecule has 1 atom stereocenters. The van der Waals surface area contributed by atoms with Gasteiger partial charge in [0.05, 0.1) is 24.3 Å². The highest BCUT2D eigenvalue weighted by molar-refractivity contribution is 7.07. The predicted molar refractivity (Wildman–Crippen MR) is 90.6 cm³/mol. The van der Waals surface area contributed by atoms with Crippen LogP contribution in [0.3, 0.4) is 0 Å². The first kappa shape index (κ1) is 16.1. The standard InChI is InChI=1S/C16H23N5OS/c1-19(2)15(22)10-20-6-3-4-13(8-20)16-17-5-7-21(16)9-14-11-23-12-18-14/h5,7,11-13H,3-4,6,8-10H2,1-2H3/t13-/m0/s1. The summed E-state index contributed by atoms with van der Waals surface area (Å²) in [4.78, 5) is 24.8. The summed E-state index contributed by atoms with van der Waals surface area (Å²) in [5.74, 6) is 1.66. The number of nitrogens with zero attached hydrogens (tertiary/aromatic N) is 5. The molecule has 2 aromatic heterocycles. The smallest absolute Gasteiger partial charge is 0.236 e. The maximum atomic E-state index is 11.9. The fraction of sp³-hybridized carbons (Fsp3) is 0.562. The van der Waals surface area contributed by atoms with Gasteiger partial charge in [-0.1, -0.05) is 0 Å². The number of thiazole rings is 1. The lowest BCUT2D eigenvalue weighted by Gasteiger charge is -2.32. The van der Waals surface area contributed by atoms with Crippen LogP contribution in [0.15, 0.2) is 23.3 Å². The maximum absolute atomic E-state index is 11.9. The quantitative estimate of drug-likeness (QED) is 0.835. The Bertz CT molecular complexity index is 637. The second-order valence-corrected chi connectivity index (χ2v) is 6.97. The lowest BCUT2D eigenvalue weighted by molar-refractivity contribution is -0.130. The molecule has 0 aliphatic carbocycles. The van der Waals surface area contributed by atoms with Crippen molar-refractivity contribution in [1.82, 2.24) is 24.3 Å². The summed E-state index contributed by atoms with van der Waals surface area (Å²) in [5, 5.41) is 2.08. The summed E-state index contributed by atoms with van der Waals surface area (Å²) in [7, 11) is 3.62. The zero-order valence-corrected chi connectivity index (χ0v) is 14.5. The zero-order valence-electron chi connectivity index (χ0n) is 13.7. The number of hydrogen-bond donors (Lipinski definition) is 0. The first-order chi connectivity index (χ1) is 11.1. The minimum Gasteiger partial charge on any atom is -0.348 e. The lowest BCUT2D eigenvalue weighted by Crippen LogP contribution is -2.42. The molecule has 1 saturated heterocycles. The Labute approximate surface area is 140 Å². The van der Waals surface area contributed by atoms with Crippen molar-refractivity contribution in [2.45, 2.75) is 25.3 Å². The monoisotopic (exact) mass is 333 g/mol. The Morgan fingerprint density at radius 1 is 1.43 bits per heavy atom. The third-order valence-electron chi connectivity index (χ3n) is 4.29. The number of hydrogen-bond acceptors (Lipinski definition) is 5. The number of carbonyl (C=O) groups excluding carboxylic acids is 1. The first-order valence-electron chi connectivity index (χ1n) is 7.94. The van der Waals surface area contributed by atoms with Crippen molar-refractivity contribution < 1.29 is 4.79 Å². The first-order valence-corrected chi connectivity index (χ1v) is 8.88. The number of likely N-dealkylation sites (N-methyl/N-ethyl adjacent to an activating group) is 1. The van der Waals surface area contributed by atoms with Crippen LogP contribution in [0.1, 0.15) is 30.3 Å². The van der Waals surface area contributed by atoms with Crippen LogP contribution in [0, 0.1) is 0 Å². The van der Waals surface area contributed by atoms with Crippen molar-refractivity contribution >= 4 is 17.2 Å². The van der Waals surface area contributed by atoms with Gasteiger partial charge in [0.15, 0.2) is 0 Å². The second-order valence-electron chi connectivity index (χ2n) is 6.26. The molecule has 7 heteroatoms. The Morgan fingerprint density at radius 3 is 3.04 bits per heavy atom. The highest BCUT2D eigenvalue weighted by Gasteiger charge is 2.26. The van der Waals surface area contributed by atoms with Gasteiger partial charge in [0.2, 0.25) is 5.91 Å². The van der Waals surface area contributed by atoms with Gasteiger partial charge in [-0.15, -0.1) is 11.3 Å². The molecule has 0 N–H and O–H groups in total. The van der Waals surface area contributed by atoms with Crippen LogP contribution in [-0.2, 0) is 11.3 Å². The van der Waals surface area contributed by atoms with E-state index < -0.39 is 0 Å². The highest BCUT2D eigenvalue weighted by atomic mass is 32.1. The number of rotatable bonds is 5. The molecule has 23 heavy (non-hydrogen) atoms. The van der Waals surface area contributed by atoms with E-state index in [4.69, 9.17) is 0 Å². The fourth-order valence-corrected chi connectivity index (χ4v) is 3.60. The van der Waals surface area contributed by atoms with E-state index in [9.17, 15) is 4.79 Å². The van der Waals surface area contributed by atoms with Crippen LogP contribution in [0.5, 0.6) is 0 Å². The predicted octanol–water partition coefficient (Wildman–Crippen LogP) is 1.66. The molecule has 3 rings (SSSR count). The molecular formula is C16H23N5OS. The number of carbonyl (C=O) groups is 1. The van der Waals surface area contributed by atoms with E-state index in [0.29, 0.717) is 12.5 Å². The molecule has 0 bridgehead atoms. The maximum Gasteiger partial charge on any atom is 0.236 e. The van der Waals surface area contributed by atoms with E-state index in [2.05, 4.69) is 24.8 Å².